The number of Topliss-reactive ketones (excluding diaryl/α,β-unsaturated/α-hetero) is 1. The minimum Gasteiger partial charge on any atom is -0.370 e. The lowest BCUT2D eigenvalue weighted by atomic mass is 9.82. The number of carbonyl (C=O) groups is 1. The topological polar surface area (TPSA) is 26.3 Å². The second-order valence-electron chi connectivity index (χ2n) is 5.64. The summed E-state index contributed by atoms with van der Waals surface area (Å²) < 4.78 is 5.79. The summed E-state index contributed by atoms with van der Waals surface area (Å²) in [6, 6.07) is 9.38. The van der Waals surface area contributed by atoms with Gasteiger partial charge in [-0.2, -0.15) is 0 Å². The number of benzene rings is 1. The lowest BCUT2D eigenvalue weighted by Crippen LogP contribution is -2.28. The Hall–Kier alpha value is -1.15. The molecule has 0 aromatic heterocycles. The molecule has 0 saturated heterocycles. The predicted octanol–water partition coefficient (Wildman–Crippen LogP) is 3.71. The molecule has 0 radical (unpaired) electrons. The molecule has 1 saturated carbocycles. The van der Waals surface area contributed by atoms with Crippen LogP contribution in [-0.4, -0.2) is 18.5 Å². The second kappa shape index (κ2) is 6.14. The number of hydrogen-bond acceptors (Lipinski definition) is 2. The van der Waals surface area contributed by atoms with Crippen molar-refractivity contribution in [2.75, 3.05) is 6.61 Å². The van der Waals surface area contributed by atoms with Gasteiger partial charge in [-0.05, 0) is 31.1 Å². The lowest BCUT2D eigenvalue weighted by Gasteiger charge is -2.31. The van der Waals surface area contributed by atoms with E-state index in [1.807, 2.05) is 30.3 Å². The van der Waals surface area contributed by atoms with Crippen LogP contribution in [0.5, 0.6) is 0 Å². The van der Waals surface area contributed by atoms with Crippen LogP contribution in [0.25, 0.3) is 0 Å². The van der Waals surface area contributed by atoms with Gasteiger partial charge < -0.3 is 4.74 Å². The molecule has 1 aromatic rings. The second-order valence-corrected chi connectivity index (χ2v) is 5.64. The zero-order valence-corrected chi connectivity index (χ0v) is 11.3. The van der Waals surface area contributed by atoms with Gasteiger partial charge in [-0.25, -0.2) is 0 Å². The van der Waals surface area contributed by atoms with Gasteiger partial charge in [0.1, 0.15) is 6.61 Å². The SMILES string of the molecule is CC1CC(C)CC(OCC(=O)c2ccccc2)C1. The normalized spacial score (nSPS) is 28.0. The van der Waals surface area contributed by atoms with Crippen molar-refractivity contribution in [2.45, 2.75) is 39.2 Å². The molecule has 1 fully saturated rings. The van der Waals surface area contributed by atoms with Gasteiger partial charge in [0.15, 0.2) is 5.78 Å². The Morgan fingerprint density at radius 2 is 1.72 bits per heavy atom. The van der Waals surface area contributed by atoms with Crippen LogP contribution in [0.4, 0.5) is 0 Å². The molecule has 1 aliphatic rings. The fraction of sp³-hybridized carbons (Fsp3) is 0.562. The third-order valence-electron chi connectivity index (χ3n) is 3.68. The van der Waals surface area contributed by atoms with E-state index in [4.69, 9.17) is 4.74 Å². The van der Waals surface area contributed by atoms with Gasteiger partial charge in [0.05, 0.1) is 6.10 Å². The van der Waals surface area contributed by atoms with Crippen molar-refractivity contribution in [2.24, 2.45) is 11.8 Å². The largest absolute Gasteiger partial charge is 0.370 e. The Labute approximate surface area is 109 Å². The smallest absolute Gasteiger partial charge is 0.188 e. The molecule has 2 unspecified atom stereocenters. The number of rotatable bonds is 4. The van der Waals surface area contributed by atoms with Gasteiger partial charge in [0, 0.05) is 5.56 Å². The van der Waals surface area contributed by atoms with Crippen molar-refractivity contribution in [3.8, 4) is 0 Å². The Bertz CT molecular complexity index is 375. The Morgan fingerprint density at radius 3 is 2.33 bits per heavy atom. The molecule has 1 aromatic carbocycles. The zero-order valence-electron chi connectivity index (χ0n) is 11.3. The zero-order chi connectivity index (χ0) is 13.0. The van der Waals surface area contributed by atoms with Crippen molar-refractivity contribution < 1.29 is 9.53 Å². The van der Waals surface area contributed by atoms with Crippen molar-refractivity contribution >= 4 is 5.78 Å². The molecule has 2 rings (SSSR count). The van der Waals surface area contributed by atoms with Gasteiger partial charge >= 0.3 is 0 Å². The molecule has 0 bridgehead atoms. The Kier molecular flexibility index (Phi) is 4.54. The molecule has 0 amide bonds. The van der Waals surface area contributed by atoms with E-state index in [0.29, 0.717) is 11.8 Å². The third kappa shape index (κ3) is 3.67. The van der Waals surface area contributed by atoms with E-state index in [0.717, 1.165) is 18.4 Å². The van der Waals surface area contributed by atoms with E-state index >= 15 is 0 Å². The molecule has 18 heavy (non-hydrogen) atoms. The first-order valence-electron chi connectivity index (χ1n) is 6.85. The Morgan fingerprint density at radius 1 is 1.11 bits per heavy atom. The molecule has 1 aliphatic carbocycles. The quantitative estimate of drug-likeness (QED) is 0.757. The maximum atomic E-state index is 11.9. The molecule has 0 aliphatic heterocycles. The van der Waals surface area contributed by atoms with Gasteiger partial charge in [-0.1, -0.05) is 44.2 Å². The summed E-state index contributed by atoms with van der Waals surface area (Å²) >= 11 is 0. The summed E-state index contributed by atoms with van der Waals surface area (Å²) in [5.41, 5.74) is 0.745. The summed E-state index contributed by atoms with van der Waals surface area (Å²) in [6.45, 7) is 4.75. The van der Waals surface area contributed by atoms with Crippen LogP contribution in [0.2, 0.25) is 0 Å². The highest BCUT2D eigenvalue weighted by Crippen LogP contribution is 2.30. The maximum absolute atomic E-state index is 11.9. The van der Waals surface area contributed by atoms with Crippen LogP contribution in [0, 0.1) is 11.8 Å². The molecule has 0 heterocycles. The van der Waals surface area contributed by atoms with Crippen LogP contribution in [0.1, 0.15) is 43.5 Å². The third-order valence-corrected chi connectivity index (χ3v) is 3.68. The van der Waals surface area contributed by atoms with Gasteiger partial charge in [-0.15, -0.1) is 0 Å². The molecule has 2 atom stereocenters. The van der Waals surface area contributed by atoms with Crippen LogP contribution < -0.4 is 0 Å². The minimum atomic E-state index is 0.0847. The first kappa shape index (κ1) is 13.3. The number of carbonyl (C=O) groups excluding carboxylic acids is 1. The minimum absolute atomic E-state index is 0.0847. The summed E-state index contributed by atoms with van der Waals surface area (Å²) in [7, 11) is 0. The monoisotopic (exact) mass is 246 g/mol. The molecular weight excluding hydrogens is 224 g/mol. The molecule has 0 N–H and O–H groups in total. The average Bonchev–Trinajstić information content (AvgIpc) is 2.36. The average molecular weight is 246 g/mol. The van der Waals surface area contributed by atoms with E-state index in [1.165, 1.54) is 6.42 Å². The van der Waals surface area contributed by atoms with Crippen LogP contribution in [-0.2, 0) is 4.74 Å². The van der Waals surface area contributed by atoms with E-state index in [2.05, 4.69) is 13.8 Å². The number of ketones is 1. The summed E-state index contributed by atoms with van der Waals surface area (Å²) in [5, 5.41) is 0. The molecule has 2 nitrogen and oxygen atoms in total. The van der Waals surface area contributed by atoms with E-state index < -0.39 is 0 Å². The summed E-state index contributed by atoms with van der Waals surface area (Å²) in [6.07, 6.45) is 3.72. The van der Waals surface area contributed by atoms with E-state index in [-0.39, 0.29) is 18.5 Å². The fourth-order valence-electron chi connectivity index (χ4n) is 2.91. The van der Waals surface area contributed by atoms with Crippen LogP contribution in [0.15, 0.2) is 30.3 Å². The maximum Gasteiger partial charge on any atom is 0.188 e. The Balaban J connectivity index is 1.83. The molecule has 2 heteroatoms. The molecule has 0 spiro atoms. The van der Waals surface area contributed by atoms with Crippen molar-refractivity contribution in [1.29, 1.82) is 0 Å². The van der Waals surface area contributed by atoms with Crippen molar-refractivity contribution in [1.82, 2.24) is 0 Å². The molecular formula is C16H22O2. The first-order chi connectivity index (χ1) is 8.65. The van der Waals surface area contributed by atoms with E-state index in [9.17, 15) is 4.79 Å². The standard InChI is InChI=1S/C16H22O2/c1-12-8-13(2)10-15(9-12)18-11-16(17)14-6-4-3-5-7-14/h3-7,12-13,15H,8-11H2,1-2H3. The highest BCUT2D eigenvalue weighted by molar-refractivity contribution is 5.96. The van der Waals surface area contributed by atoms with E-state index in [1.54, 1.807) is 0 Å². The lowest BCUT2D eigenvalue weighted by molar-refractivity contribution is 0.00562. The predicted molar refractivity (Wildman–Crippen MR) is 72.7 cm³/mol. The van der Waals surface area contributed by atoms with Crippen LogP contribution in [0.3, 0.4) is 0 Å². The summed E-state index contributed by atoms with van der Waals surface area (Å²) in [4.78, 5) is 11.9. The van der Waals surface area contributed by atoms with Crippen molar-refractivity contribution in [3.63, 3.8) is 0 Å². The number of hydrogen-bond donors (Lipinski definition) is 0. The van der Waals surface area contributed by atoms with Crippen molar-refractivity contribution in [3.05, 3.63) is 35.9 Å². The van der Waals surface area contributed by atoms with Gasteiger partial charge in [-0.3, -0.25) is 4.79 Å². The number of ether oxygens (including phenoxy) is 1. The highest BCUT2D eigenvalue weighted by atomic mass is 16.5. The van der Waals surface area contributed by atoms with Gasteiger partial charge in [0.25, 0.3) is 0 Å². The highest BCUT2D eigenvalue weighted by Gasteiger charge is 2.24. The van der Waals surface area contributed by atoms with Gasteiger partial charge in [0.2, 0.25) is 0 Å². The molecule has 98 valence electrons. The first-order valence-corrected chi connectivity index (χ1v) is 6.85. The van der Waals surface area contributed by atoms with Crippen LogP contribution >= 0.6 is 0 Å². The summed E-state index contributed by atoms with van der Waals surface area (Å²) in [5.74, 6) is 1.51. The fourth-order valence-corrected chi connectivity index (χ4v) is 2.91.